The maximum atomic E-state index is 13.5. The normalized spacial score (nSPS) is 17.3. The van der Waals surface area contributed by atoms with Gasteiger partial charge in [-0.05, 0) is 42.3 Å². The van der Waals surface area contributed by atoms with E-state index in [4.69, 9.17) is 4.74 Å². The van der Waals surface area contributed by atoms with E-state index in [1.807, 2.05) is 0 Å². The summed E-state index contributed by atoms with van der Waals surface area (Å²) in [6, 6.07) is 11.7. The van der Waals surface area contributed by atoms with Crippen LogP contribution in [0.15, 0.2) is 59.8 Å². The summed E-state index contributed by atoms with van der Waals surface area (Å²) in [5, 5.41) is 0. The van der Waals surface area contributed by atoms with Gasteiger partial charge >= 0.3 is 5.97 Å². The van der Waals surface area contributed by atoms with E-state index in [0.29, 0.717) is 22.4 Å². The van der Waals surface area contributed by atoms with Gasteiger partial charge in [-0.15, -0.1) is 0 Å². The van der Waals surface area contributed by atoms with Crippen LogP contribution in [0.3, 0.4) is 0 Å². The lowest BCUT2D eigenvalue weighted by Gasteiger charge is -2.34. The van der Waals surface area contributed by atoms with Gasteiger partial charge in [0.2, 0.25) is 5.91 Å². The second kappa shape index (κ2) is 7.70. The number of hydrogen-bond donors (Lipinski definition) is 0. The van der Waals surface area contributed by atoms with Crippen molar-refractivity contribution in [2.75, 3.05) is 7.11 Å². The molecule has 0 N–H and O–H groups in total. The molecular formula is C21H19F2NO3. The van der Waals surface area contributed by atoms with Gasteiger partial charge in [0.1, 0.15) is 11.6 Å². The monoisotopic (exact) mass is 371 g/mol. The van der Waals surface area contributed by atoms with E-state index in [1.54, 1.807) is 31.2 Å². The highest BCUT2D eigenvalue weighted by Crippen LogP contribution is 2.37. The molecule has 1 aliphatic heterocycles. The Morgan fingerprint density at radius 1 is 1.15 bits per heavy atom. The summed E-state index contributed by atoms with van der Waals surface area (Å²) in [7, 11) is 1.28. The molecule has 0 radical (unpaired) electrons. The molecule has 1 heterocycles. The van der Waals surface area contributed by atoms with Crippen LogP contribution >= 0.6 is 0 Å². The number of rotatable bonds is 4. The Hall–Kier alpha value is -3.02. The summed E-state index contributed by atoms with van der Waals surface area (Å²) >= 11 is 0. The van der Waals surface area contributed by atoms with E-state index < -0.39 is 23.5 Å². The average Bonchev–Trinajstić information content (AvgIpc) is 2.65. The number of ether oxygens (including phenoxy) is 1. The number of hydrogen-bond acceptors (Lipinski definition) is 3. The minimum absolute atomic E-state index is 0.0444. The maximum Gasteiger partial charge on any atom is 0.336 e. The lowest BCUT2D eigenvalue weighted by Crippen LogP contribution is -2.38. The second-order valence-electron chi connectivity index (χ2n) is 6.41. The smallest absolute Gasteiger partial charge is 0.336 e. The van der Waals surface area contributed by atoms with Crippen molar-refractivity contribution >= 4 is 11.9 Å². The molecule has 3 rings (SSSR count). The number of halogens is 2. The highest BCUT2D eigenvalue weighted by atomic mass is 19.1. The third-order valence-electron chi connectivity index (χ3n) is 4.73. The molecule has 1 unspecified atom stereocenters. The van der Waals surface area contributed by atoms with Gasteiger partial charge in [-0.3, -0.25) is 4.79 Å². The van der Waals surface area contributed by atoms with Gasteiger partial charge in [-0.1, -0.05) is 24.3 Å². The molecule has 0 aliphatic carbocycles. The molecule has 140 valence electrons. The summed E-state index contributed by atoms with van der Waals surface area (Å²) in [5.74, 6) is -2.04. The van der Waals surface area contributed by atoms with Crippen molar-refractivity contribution in [3.63, 3.8) is 0 Å². The molecule has 0 spiro atoms. The Morgan fingerprint density at radius 2 is 1.85 bits per heavy atom. The number of benzene rings is 2. The zero-order valence-electron chi connectivity index (χ0n) is 15.0. The standard InChI is InChI=1S/C21H19F2NO3/c1-13-20(21(26)27-2)18(15-6-8-16(22)9-7-15)11-19(25)24(13)12-14-4-3-5-17(23)10-14/h3-10,18H,11-12H2,1-2H3. The predicted molar refractivity (Wildman–Crippen MR) is 95.4 cm³/mol. The second-order valence-corrected chi connectivity index (χ2v) is 6.41. The Kier molecular flexibility index (Phi) is 5.35. The fraction of sp³-hybridized carbons (Fsp3) is 0.238. The topological polar surface area (TPSA) is 46.6 Å². The highest BCUT2D eigenvalue weighted by molar-refractivity contribution is 5.95. The van der Waals surface area contributed by atoms with Crippen LogP contribution in [0.1, 0.15) is 30.4 Å². The summed E-state index contributed by atoms with van der Waals surface area (Å²) < 4.78 is 31.6. The van der Waals surface area contributed by atoms with Gasteiger partial charge in [-0.2, -0.15) is 0 Å². The van der Waals surface area contributed by atoms with Crippen LogP contribution in [0.5, 0.6) is 0 Å². The van der Waals surface area contributed by atoms with Gasteiger partial charge in [0.05, 0.1) is 19.2 Å². The first-order chi connectivity index (χ1) is 12.9. The Bertz CT molecular complexity index is 906. The molecule has 2 aromatic rings. The molecule has 0 saturated carbocycles. The molecule has 6 heteroatoms. The van der Waals surface area contributed by atoms with Crippen molar-refractivity contribution in [3.8, 4) is 0 Å². The minimum Gasteiger partial charge on any atom is -0.466 e. The SMILES string of the molecule is COC(=O)C1=C(C)N(Cc2cccc(F)c2)C(=O)CC1c1ccc(F)cc1. The summed E-state index contributed by atoms with van der Waals surface area (Å²) in [6.45, 7) is 1.82. The minimum atomic E-state index is -0.543. The van der Waals surface area contributed by atoms with Crippen molar-refractivity contribution in [2.24, 2.45) is 0 Å². The van der Waals surface area contributed by atoms with Crippen LogP contribution < -0.4 is 0 Å². The third kappa shape index (κ3) is 3.89. The lowest BCUT2D eigenvalue weighted by atomic mass is 9.83. The molecule has 0 saturated heterocycles. The van der Waals surface area contributed by atoms with E-state index in [-0.39, 0.29) is 18.9 Å². The average molecular weight is 371 g/mol. The van der Waals surface area contributed by atoms with Gasteiger partial charge in [-0.25, -0.2) is 13.6 Å². The molecule has 0 bridgehead atoms. The molecule has 4 nitrogen and oxygen atoms in total. The first-order valence-corrected chi connectivity index (χ1v) is 8.50. The van der Waals surface area contributed by atoms with E-state index in [1.165, 1.54) is 36.3 Å². The molecule has 0 fully saturated rings. The van der Waals surface area contributed by atoms with Crippen molar-refractivity contribution in [1.82, 2.24) is 4.90 Å². The van der Waals surface area contributed by atoms with E-state index in [2.05, 4.69) is 0 Å². The molecule has 1 amide bonds. The summed E-state index contributed by atoms with van der Waals surface area (Å²) in [5.41, 5.74) is 2.08. The van der Waals surface area contributed by atoms with Crippen molar-refractivity contribution in [1.29, 1.82) is 0 Å². The molecule has 1 aliphatic rings. The first kappa shape index (κ1) is 18.8. The van der Waals surface area contributed by atoms with Crippen molar-refractivity contribution < 1.29 is 23.1 Å². The van der Waals surface area contributed by atoms with Gasteiger partial charge in [0.15, 0.2) is 0 Å². The van der Waals surface area contributed by atoms with Gasteiger partial charge in [0.25, 0.3) is 0 Å². The Labute approximate surface area is 156 Å². The Morgan fingerprint density at radius 3 is 2.48 bits per heavy atom. The number of amides is 1. The number of methoxy groups -OCH3 is 1. The zero-order chi connectivity index (χ0) is 19.6. The van der Waals surface area contributed by atoms with Crippen LogP contribution in [-0.4, -0.2) is 23.9 Å². The number of carbonyl (C=O) groups is 2. The van der Waals surface area contributed by atoms with Crippen LogP contribution in [0.4, 0.5) is 8.78 Å². The van der Waals surface area contributed by atoms with E-state index >= 15 is 0 Å². The highest BCUT2D eigenvalue weighted by Gasteiger charge is 2.36. The maximum absolute atomic E-state index is 13.5. The predicted octanol–water partition coefficient (Wildman–Crippen LogP) is 3.93. The van der Waals surface area contributed by atoms with Crippen LogP contribution in [0.25, 0.3) is 0 Å². The third-order valence-corrected chi connectivity index (χ3v) is 4.73. The summed E-state index contributed by atoms with van der Waals surface area (Å²) in [4.78, 5) is 26.7. The van der Waals surface area contributed by atoms with Crippen molar-refractivity contribution in [3.05, 3.63) is 82.6 Å². The molecule has 27 heavy (non-hydrogen) atoms. The number of allylic oxidation sites excluding steroid dienone is 1. The molecule has 1 atom stereocenters. The van der Waals surface area contributed by atoms with Crippen LogP contribution in [-0.2, 0) is 20.9 Å². The van der Waals surface area contributed by atoms with Gasteiger partial charge in [0, 0.05) is 18.0 Å². The zero-order valence-corrected chi connectivity index (χ0v) is 15.0. The molecule has 2 aromatic carbocycles. The van der Waals surface area contributed by atoms with Gasteiger partial charge < -0.3 is 9.64 Å². The first-order valence-electron chi connectivity index (χ1n) is 8.50. The largest absolute Gasteiger partial charge is 0.466 e. The van der Waals surface area contributed by atoms with E-state index in [0.717, 1.165) is 0 Å². The Balaban J connectivity index is 2.02. The quantitative estimate of drug-likeness (QED) is 0.765. The lowest BCUT2D eigenvalue weighted by molar-refractivity contribution is -0.138. The van der Waals surface area contributed by atoms with E-state index in [9.17, 15) is 18.4 Å². The molecular weight excluding hydrogens is 352 g/mol. The van der Waals surface area contributed by atoms with Crippen LogP contribution in [0, 0.1) is 11.6 Å². The number of nitrogens with zero attached hydrogens (tertiary/aromatic N) is 1. The van der Waals surface area contributed by atoms with Crippen molar-refractivity contribution in [2.45, 2.75) is 25.8 Å². The number of carbonyl (C=O) groups excluding carboxylic acids is 2. The fourth-order valence-corrected chi connectivity index (χ4v) is 3.38. The number of esters is 1. The fourth-order valence-electron chi connectivity index (χ4n) is 3.38. The van der Waals surface area contributed by atoms with Crippen LogP contribution in [0.2, 0.25) is 0 Å². The summed E-state index contributed by atoms with van der Waals surface area (Å²) in [6.07, 6.45) is 0.0444. The molecule has 0 aromatic heterocycles.